The molecular weight excluding hydrogens is 156 g/mol. The highest BCUT2D eigenvalue weighted by Crippen LogP contribution is 2.35. The fourth-order valence-electron chi connectivity index (χ4n) is 2.22. The van der Waals surface area contributed by atoms with Gasteiger partial charge in [-0.05, 0) is 24.7 Å². The van der Waals surface area contributed by atoms with E-state index in [0.717, 1.165) is 0 Å². The predicted molar refractivity (Wildman–Crippen MR) is 59.8 cm³/mol. The highest BCUT2D eigenvalue weighted by molar-refractivity contribution is 5.26. The SMILES string of the molecule is CCCC1=C[C@](C)(CCC)CC=C1. The van der Waals surface area contributed by atoms with Crippen LogP contribution >= 0.6 is 0 Å². The van der Waals surface area contributed by atoms with Crippen LogP contribution < -0.4 is 0 Å². The van der Waals surface area contributed by atoms with Crippen LogP contribution in [0.4, 0.5) is 0 Å². The average Bonchev–Trinajstić information content (AvgIpc) is 2.04. The molecule has 0 aromatic carbocycles. The van der Waals surface area contributed by atoms with E-state index in [1.807, 2.05) is 0 Å². The molecule has 74 valence electrons. The molecule has 0 saturated heterocycles. The highest BCUT2D eigenvalue weighted by atomic mass is 14.3. The molecule has 0 amide bonds. The van der Waals surface area contributed by atoms with E-state index in [1.165, 1.54) is 32.1 Å². The van der Waals surface area contributed by atoms with Gasteiger partial charge >= 0.3 is 0 Å². The molecule has 13 heavy (non-hydrogen) atoms. The molecule has 1 aliphatic carbocycles. The van der Waals surface area contributed by atoms with Crippen LogP contribution in [0.2, 0.25) is 0 Å². The van der Waals surface area contributed by atoms with Crippen molar-refractivity contribution in [1.29, 1.82) is 0 Å². The van der Waals surface area contributed by atoms with Crippen LogP contribution in [0.5, 0.6) is 0 Å². The molecule has 1 rings (SSSR count). The van der Waals surface area contributed by atoms with Crippen molar-refractivity contribution in [3.8, 4) is 0 Å². The van der Waals surface area contributed by atoms with E-state index in [-0.39, 0.29) is 0 Å². The molecule has 0 spiro atoms. The fraction of sp³-hybridized carbons (Fsp3) is 0.692. The van der Waals surface area contributed by atoms with E-state index >= 15 is 0 Å². The van der Waals surface area contributed by atoms with Gasteiger partial charge in [0, 0.05) is 0 Å². The molecule has 0 heteroatoms. The monoisotopic (exact) mass is 178 g/mol. The lowest BCUT2D eigenvalue weighted by atomic mass is 9.77. The summed E-state index contributed by atoms with van der Waals surface area (Å²) in [5.74, 6) is 0. The quantitative estimate of drug-likeness (QED) is 0.595. The summed E-state index contributed by atoms with van der Waals surface area (Å²) in [6.45, 7) is 6.91. The lowest BCUT2D eigenvalue weighted by Crippen LogP contribution is -2.14. The second kappa shape index (κ2) is 4.64. The van der Waals surface area contributed by atoms with Gasteiger partial charge in [-0.15, -0.1) is 0 Å². The summed E-state index contributed by atoms with van der Waals surface area (Å²) in [5, 5.41) is 0. The predicted octanol–water partition coefficient (Wildman–Crippen LogP) is 4.48. The van der Waals surface area contributed by atoms with Crippen LogP contribution in [0, 0.1) is 5.41 Å². The van der Waals surface area contributed by atoms with Crippen LogP contribution in [0.15, 0.2) is 23.8 Å². The largest absolute Gasteiger partial charge is 0.0834 e. The van der Waals surface area contributed by atoms with E-state index in [1.54, 1.807) is 5.57 Å². The van der Waals surface area contributed by atoms with Crippen molar-refractivity contribution >= 4 is 0 Å². The Bertz CT molecular complexity index is 210. The first-order valence-corrected chi connectivity index (χ1v) is 5.58. The van der Waals surface area contributed by atoms with Crippen molar-refractivity contribution in [2.75, 3.05) is 0 Å². The Morgan fingerprint density at radius 3 is 2.69 bits per heavy atom. The zero-order valence-electron chi connectivity index (χ0n) is 9.27. The first kappa shape index (κ1) is 10.6. The van der Waals surface area contributed by atoms with Crippen LogP contribution in [-0.2, 0) is 0 Å². The lowest BCUT2D eigenvalue weighted by Gasteiger charge is -2.28. The highest BCUT2D eigenvalue weighted by Gasteiger charge is 2.21. The van der Waals surface area contributed by atoms with Crippen LogP contribution in [0.1, 0.15) is 52.9 Å². The minimum Gasteiger partial charge on any atom is -0.0834 e. The van der Waals surface area contributed by atoms with Gasteiger partial charge in [-0.1, -0.05) is 57.4 Å². The number of hydrogen-bond acceptors (Lipinski definition) is 0. The Morgan fingerprint density at radius 2 is 2.08 bits per heavy atom. The minimum absolute atomic E-state index is 0.452. The van der Waals surface area contributed by atoms with E-state index in [4.69, 9.17) is 0 Å². The van der Waals surface area contributed by atoms with Gasteiger partial charge in [-0.3, -0.25) is 0 Å². The van der Waals surface area contributed by atoms with Crippen molar-refractivity contribution in [1.82, 2.24) is 0 Å². The maximum atomic E-state index is 2.50. The molecule has 1 aliphatic rings. The molecule has 0 heterocycles. The zero-order chi connectivity index (χ0) is 9.73. The number of rotatable bonds is 4. The normalized spacial score (nSPS) is 27.5. The summed E-state index contributed by atoms with van der Waals surface area (Å²) >= 11 is 0. The standard InChI is InChI=1S/C13H22/c1-4-7-12-8-6-10-13(3,11-12)9-5-2/h6,8,11H,4-5,7,9-10H2,1-3H3/t13-/m1/s1. The smallest absolute Gasteiger partial charge is 0.0106 e. The van der Waals surface area contributed by atoms with Gasteiger partial charge in [0.25, 0.3) is 0 Å². The topological polar surface area (TPSA) is 0 Å². The number of allylic oxidation sites excluding steroid dienone is 4. The average molecular weight is 178 g/mol. The van der Waals surface area contributed by atoms with E-state index in [2.05, 4.69) is 39.0 Å². The molecule has 0 unspecified atom stereocenters. The van der Waals surface area contributed by atoms with Crippen molar-refractivity contribution in [3.63, 3.8) is 0 Å². The first-order chi connectivity index (χ1) is 6.20. The van der Waals surface area contributed by atoms with Crippen LogP contribution in [-0.4, -0.2) is 0 Å². The Hall–Kier alpha value is -0.520. The first-order valence-electron chi connectivity index (χ1n) is 5.58. The summed E-state index contributed by atoms with van der Waals surface area (Å²) in [6, 6.07) is 0. The van der Waals surface area contributed by atoms with E-state index in [9.17, 15) is 0 Å². The Morgan fingerprint density at radius 1 is 1.31 bits per heavy atom. The van der Waals surface area contributed by atoms with Gasteiger partial charge in [0.05, 0.1) is 0 Å². The Balaban J connectivity index is 2.64. The van der Waals surface area contributed by atoms with Gasteiger partial charge in [-0.25, -0.2) is 0 Å². The van der Waals surface area contributed by atoms with Gasteiger partial charge < -0.3 is 0 Å². The van der Waals surface area contributed by atoms with Crippen molar-refractivity contribution in [2.24, 2.45) is 5.41 Å². The Kier molecular flexibility index (Phi) is 3.77. The molecule has 0 aromatic rings. The number of hydrogen-bond donors (Lipinski definition) is 0. The maximum Gasteiger partial charge on any atom is -0.0106 e. The third kappa shape index (κ3) is 3.02. The van der Waals surface area contributed by atoms with E-state index < -0.39 is 0 Å². The van der Waals surface area contributed by atoms with Gasteiger partial charge in [0.15, 0.2) is 0 Å². The van der Waals surface area contributed by atoms with Crippen molar-refractivity contribution < 1.29 is 0 Å². The van der Waals surface area contributed by atoms with Crippen LogP contribution in [0.3, 0.4) is 0 Å². The second-order valence-electron chi connectivity index (χ2n) is 4.48. The van der Waals surface area contributed by atoms with Crippen molar-refractivity contribution in [3.05, 3.63) is 23.8 Å². The summed E-state index contributed by atoms with van der Waals surface area (Å²) in [7, 11) is 0. The third-order valence-electron chi connectivity index (χ3n) is 2.81. The Labute approximate surface area is 82.7 Å². The molecule has 0 nitrogen and oxygen atoms in total. The molecule has 0 N–H and O–H groups in total. The summed E-state index contributed by atoms with van der Waals surface area (Å²) in [5.41, 5.74) is 2.00. The van der Waals surface area contributed by atoms with Gasteiger partial charge in [0.2, 0.25) is 0 Å². The molecule has 1 atom stereocenters. The molecular formula is C13H22. The van der Waals surface area contributed by atoms with Gasteiger partial charge in [0.1, 0.15) is 0 Å². The molecule has 0 aromatic heterocycles. The third-order valence-corrected chi connectivity index (χ3v) is 2.81. The molecule has 0 saturated carbocycles. The molecule has 0 bridgehead atoms. The van der Waals surface area contributed by atoms with Crippen LogP contribution in [0.25, 0.3) is 0 Å². The molecule has 0 aliphatic heterocycles. The zero-order valence-corrected chi connectivity index (χ0v) is 9.27. The minimum atomic E-state index is 0.452. The van der Waals surface area contributed by atoms with E-state index in [0.29, 0.717) is 5.41 Å². The van der Waals surface area contributed by atoms with Gasteiger partial charge in [-0.2, -0.15) is 0 Å². The summed E-state index contributed by atoms with van der Waals surface area (Å²) < 4.78 is 0. The second-order valence-corrected chi connectivity index (χ2v) is 4.48. The lowest BCUT2D eigenvalue weighted by molar-refractivity contribution is 0.385. The molecule has 0 radical (unpaired) electrons. The summed E-state index contributed by atoms with van der Waals surface area (Å²) in [4.78, 5) is 0. The molecule has 0 fully saturated rings. The fourth-order valence-corrected chi connectivity index (χ4v) is 2.22. The van der Waals surface area contributed by atoms with Crippen molar-refractivity contribution in [2.45, 2.75) is 52.9 Å². The summed E-state index contributed by atoms with van der Waals surface area (Å²) in [6.07, 6.45) is 13.5. The maximum absolute atomic E-state index is 2.50.